The molecule has 0 aliphatic heterocycles. The van der Waals surface area contributed by atoms with Gasteiger partial charge in [0.25, 0.3) is 5.91 Å². The number of aliphatic hydroxyl groups excluding tert-OH is 3. The Labute approximate surface area is 222 Å². The van der Waals surface area contributed by atoms with Crippen LogP contribution in [-0.4, -0.2) is 79.7 Å². The third-order valence-electron chi connectivity index (χ3n) is 8.26. The van der Waals surface area contributed by atoms with Gasteiger partial charge in [0.1, 0.15) is 28.7 Å². The van der Waals surface area contributed by atoms with E-state index in [1.54, 1.807) is 13.0 Å². The molecule has 11 heteroatoms. The van der Waals surface area contributed by atoms with E-state index in [4.69, 9.17) is 5.73 Å². The molecule has 6 atom stereocenters. The first-order valence-electron chi connectivity index (χ1n) is 12.2. The number of halogens is 1. The van der Waals surface area contributed by atoms with Gasteiger partial charge in [0.05, 0.1) is 23.6 Å². The number of rotatable bonds is 3. The molecule has 5 rings (SSSR count). The van der Waals surface area contributed by atoms with Crippen molar-refractivity contribution in [1.29, 1.82) is 0 Å². The van der Waals surface area contributed by atoms with Gasteiger partial charge in [-0.1, -0.05) is 25.1 Å². The molecule has 10 nitrogen and oxygen atoms in total. The summed E-state index contributed by atoms with van der Waals surface area (Å²) in [4.78, 5) is 40.8. The molecule has 0 saturated carbocycles. The van der Waals surface area contributed by atoms with Crippen LogP contribution in [0.1, 0.15) is 28.8 Å². The van der Waals surface area contributed by atoms with Crippen LogP contribution in [0.25, 0.3) is 11.1 Å². The van der Waals surface area contributed by atoms with E-state index in [1.165, 1.54) is 49.3 Å². The molecule has 0 fully saturated rings. The number of ketones is 2. The number of fused-ring (bicyclic) bond motifs is 3. The number of primary amides is 1. The fraction of sp³-hybridized carbons (Fsp3) is 0.321. The molecule has 3 aliphatic rings. The van der Waals surface area contributed by atoms with E-state index in [2.05, 4.69) is 0 Å². The van der Waals surface area contributed by atoms with Crippen molar-refractivity contribution in [2.45, 2.75) is 30.6 Å². The molecule has 0 heterocycles. The van der Waals surface area contributed by atoms with Crippen molar-refractivity contribution in [3.05, 3.63) is 76.0 Å². The highest BCUT2D eigenvalue weighted by atomic mass is 19.1. The predicted molar refractivity (Wildman–Crippen MR) is 135 cm³/mol. The number of carbonyl (C=O) groups excluding carboxylic acids is 3. The van der Waals surface area contributed by atoms with E-state index in [1.807, 2.05) is 0 Å². The third-order valence-corrected chi connectivity index (χ3v) is 8.26. The fourth-order valence-electron chi connectivity index (χ4n) is 6.58. The number of phenolic OH excluding ortho intramolecular Hbond substituents is 1. The van der Waals surface area contributed by atoms with Gasteiger partial charge in [-0.25, -0.2) is 4.39 Å². The zero-order chi connectivity index (χ0) is 28.7. The van der Waals surface area contributed by atoms with Crippen LogP contribution in [0.4, 0.5) is 4.39 Å². The molecule has 0 saturated heterocycles. The van der Waals surface area contributed by atoms with Crippen LogP contribution in [0, 0.1) is 17.7 Å². The summed E-state index contributed by atoms with van der Waals surface area (Å²) in [5.41, 5.74) is 2.00. The van der Waals surface area contributed by atoms with E-state index >= 15 is 0 Å². The van der Waals surface area contributed by atoms with Gasteiger partial charge in [0, 0.05) is 11.5 Å². The molecular weight excluding hydrogens is 511 g/mol. The molecule has 39 heavy (non-hydrogen) atoms. The topological polar surface area (TPSA) is 182 Å². The number of nitrogens with two attached hydrogens (primary N) is 1. The molecule has 0 unspecified atom stereocenters. The summed E-state index contributed by atoms with van der Waals surface area (Å²) in [6.45, 7) is 1.64. The number of Topliss-reactive ketones (excluding diaryl/α,β-unsaturated/α-hetero) is 2. The number of aromatic hydroxyl groups is 1. The van der Waals surface area contributed by atoms with Gasteiger partial charge in [-0.2, -0.15) is 0 Å². The van der Waals surface area contributed by atoms with Gasteiger partial charge in [0.15, 0.2) is 11.4 Å². The summed E-state index contributed by atoms with van der Waals surface area (Å²) < 4.78 is 13.6. The molecule has 2 aromatic rings. The average Bonchev–Trinajstić information content (AvgIpc) is 2.86. The number of phenols is 1. The van der Waals surface area contributed by atoms with Crippen molar-refractivity contribution in [1.82, 2.24) is 4.90 Å². The lowest BCUT2D eigenvalue weighted by Crippen LogP contribution is -2.68. The first kappa shape index (κ1) is 26.5. The predicted octanol–water partition coefficient (Wildman–Crippen LogP) is 1.46. The van der Waals surface area contributed by atoms with Gasteiger partial charge >= 0.3 is 0 Å². The molecule has 2 aromatic carbocycles. The lowest BCUT2D eigenvalue weighted by Gasteiger charge is -2.53. The van der Waals surface area contributed by atoms with Gasteiger partial charge in [0.2, 0.25) is 5.78 Å². The number of nitrogens with zero attached hydrogens (tertiary/aromatic N) is 1. The zero-order valence-electron chi connectivity index (χ0n) is 21.2. The normalized spacial score (nSPS) is 30.3. The molecule has 0 bridgehead atoms. The molecule has 0 spiro atoms. The average molecular weight is 539 g/mol. The number of aliphatic hydroxyl groups is 4. The molecular formula is C28H27FN2O8. The van der Waals surface area contributed by atoms with Crippen LogP contribution in [-0.2, 0) is 9.59 Å². The monoisotopic (exact) mass is 538 g/mol. The Kier molecular flexibility index (Phi) is 5.94. The van der Waals surface area contributed by atoms with Crippen LogP contribution in [0.3, 0.4) is 0 Å². The lowest BCUT2D eigenvalue weighted by atomic mass is 9.55. The Morgan fingerprint density at radius 2 is 1.67 bits per heavy atom. The molecule has 7 N–H and O–H groups in total. The summed E-state index contributed by atoms with van der Waals surface area (Å²) in [5.74, 6) is -10.1. The fourth-order valence-corrected chi connectivity index (χ4v) is 6.58. The quantitative estimate of drug-likeness (QED) is 0.315. The SMILES string of the molecule is C[C@@H]1c2c(-c3ccc(F)cc3)ccc(O)c2C(=O)C2=C(O)[C@]3(O)C(=O)C(C(N)=O)=C(O)[C@@H](N(C)C)[C@H]3[C@@H](O)[C@H]21. The third kappa shape index (κ3) is 3.40. The number of hydrogen-bond donors (Lipinski definition) is 6. The van der Waals surface area contributed by atoms with Crippen LogP contribution >= 0.6 is 0 Å². The second kappa shape index (κ2) is 8.73. The summed E-state index contributed by atoms with van der Waals surface area (Å²) in [5, 5.41) is 56.5. The van der Waals surface area contributed by atoms with E-state index in [9.17, 15) is 44.3 Å². The highest BCUT2D eigenvalue weighted by molar-refractivity contribution is 6.25. The first-order valence-corrected chi connectivity index (χ1v) is 12.2. The maximum Gasteiger partial charge on any atom is 0.255 e. The van der Waals surface area contributed by atoms with Crippen LogP contribution in [0.5, 0.6) is 5.75 Å². The van der Waals surface area contributed by atoms with Crippen LogP contribution in [0.15, 0.2) is 59.1 Å². The smallest absolute Gasteiger partial charge is 0.255 e. The maximum atomic E-state index is 13.9. The van der Waals surface area contributed by atoms with Crippen molar-refractivity contribution in [3.63, 3.8) is 0 Å². The minimum absolute atomic E-state index is 0.211. The zero-order valence-corrected chi connectivity index (χ0v) is 21.2. The van der Waals surface area contributed by atoms with Crippen molar-refractivity contribution in [3.8, 4) is 16.9 Å². The maximum absolute atomic E-state index is 13.9. The Balaban J connectivity index is 1.81. The second-order valence-electron chi connectivity index (χ2n) is 10.5. The number of likely N-dealkylation sites (N-methyl/N-ethyl adjacent to an activating group) is 1. The highest BCUT2D eigenvalue weighted by Crippen LogP contribution is 2.56. The van der Waals surface area contributed by atoms with Gasteiger partial charge in [-0.05, 0) is 54.9 Å². The number of hydrogen-bond acceptors (Lipinski definition) is 9. The van der Waals surface area contributed by atoms with Crippen molar-refractivity contribution >= 4 is 17.5 Å². The summed E-state index contributed by atoms with van der Waals surface area (Å²) >= 11 is 0. The van der Waals surface area contributed by atoms with Crippen molar-refractivity contribution in [2.24, 2.45) is 17.6 Å². The van der Waals surface area contributed by atoms with Crippen LogP contribution < -0.4 is 5.73 Å². The van der Waals surface area contributed by atoms with Crippen molar-refractivity contribution in [2.75, 3.05) is 14.1 Å². The Morgan fingerprint density at radius 1 is 1.05 bits per heavy atom. The number of amides is 1. The van der Waals surface area contributed by atoms with Crippen molar-refractivity contribution < 1.29 is 44.3 Å². The molecule has 204 valence electrons. The molecule has 0 aromatic heterocycles. The number of carbonyl (C=O) groups is 3. The largest absolute Gasteiger partial charge is 0.510 e. The summed E-state index contributed by atoms with van der Waals surface area (Å²) in [6.07, 6.45) is -1.70. The van der Waals surface area contributed by atoms with E-state index in [0.717, 1.165) is 0 Å². The molecule has 3 aliphatic carbocycles. The van der Waals surface area contributed by atoms with Gasteiger partial charge < -0.3 is 31.3 Å². The molecule has 0 radical (unpaired) electrons. The molecule has 1 amide bonds. The number of benzene rings is 2. The van der Waals surface area contributed by atoms with Crippen LogP contribution in [0.2, 0.25) is 0 Å². The van der Waals surface area contributed by atoms with Gasteiger partial charge in [-0.3, -0.25) is 19.3 Å². The standard InChI is InChI=1S/C28H27FN2O8/c1-10-15-13(11-4-6-12(29)7-5-11)8-9-14(32)17(15)22(33)18-16(10)23(34)20-21(31(2)3)24(35)19(27(30)38)26(37)28(20,39)25(18)36/h4-10,16,20-21,23,32,34-36,39H,1-3H3,(H2,30,38)/t10-,16+,20+,21+,23+,28+/m1/s1. The summed E-state index contributed by atoms with van der Waals surface area (Å²) in [6, 6.07) is 6.91. The van der Waals surface area contributed by atoms with E-state index < -0.39 is 87.2 Å². The van der Waals surface area contributed by atoms with E-state index in [-0.39, 0.29) is 5.56 Å². The van der Waals surface area contributed by atoms with E-state index in [0.29, 0.717) is 16.7 Å². The Morgan fingerprint density at radius 3 is 2.23 bits per heavy atom. The van der Waals surface area contributed by atoms with Gasteiger partial charge in [-0.15, -0.1) is 0 Å². The minimum atomic E-state index is -2.98. The minimum Gasteiger partial charge on any atom is -0.510 e. The Bertz CT molecular complexity index is 1510. The first-order chi connectivity index (χ1) is 18.2. The highest BCUT2D eigenvalue weighted by Gasteiger charge is 2.67. The second-order valence-corrected chi connectivity index (χ2v) is 10.5. The summed E-state index contributed by atoms with van der Waals surface area (Å²) in [7, 11) is 2.93. The Hall–Kier alpha value is -4.06. The lowest BCUT2D eigenvalue weighted by molar-refractivity contribution is -0.162.